The number of nitrogens with two attached hydrogens (primary N) is 1. The summed E-state index contributed by atoms with van der Waals surface area (Å²) in [5, 5.41) is 15.2. The van der Waals surface area contributed by atoms with Gasteiger partial charge in [0, 0.05) is 30.7 Å². The first-order chi connectivity index (χ1) is 14.7. The maximum absolute atomic E-state index is 14.1. The van der Waals surface area contributed by atoms with E-state index in [-0.39, 0.29) is 24.3 Å². The van der Waals surface area contributed by atoms with Gasteiger partial charge in [-0.2, -0.15) is 23.4 Å². The molecular formula is C20H21F3N6O2. The van der Waals surface area contributed by atoms with Crippen molar-refractivity contribution >= 4 is 6.03 Å². The normalized spacial score (nSPS) is 22.2. The van der Waals surface area contributed by atoms with Crippen molar-refractivity contribution in [3.8, 4) is 17.5 Å². The van der Waals surface area contributed by atoms with Gasteiger partial charge in [-0.1, -0.05) is 5.16 Å². The number of halogens is 3. The largest absolute Gasteiger partial charge is 0.405 e. The third-order valence-corrected chi connectivity index (χ3v) is 6.00. The standard InChI is InChI=1S/C20H21F3N6O2/c21-20(22,23)19(8-10-29(12-19)17(30)26-9-7-18(25)5-6-18)16-27-15(28-31-16)14-3-1-13(11-24)2-4-14/h1-4H,5-10,12,25H2,(H,26,30). The zero-order valence-electron chi connectivity index (χ0n) is 16.6. The van der Waals surface area contributed by atoms with Crippen LogP contribution in [0.2, 0.25) is 0 Å². The van der Waals surface area contributed by atoms with Gasteiger partial charge in [-0.05, 0) is 49.9 Å². The van der Waals surface area contributed by atoms with E-state index in [1.807, 2.05) is 6.07 Å². The summed E-state index contributed by atoms with van der Waals surface area (Å²) >= 11 is 0. The van der Waals surface area contributed by atoms with Crippen LogP contribution in [-0.4, -0.2) is 52.4 Å². The van der Waals surface area contributed by atoms with Gasteiger partial charge in [0.2, 0.25) is 11.7 Å². The van der Waals surface area contributed by atoms with E-state index in [4.69, 9.17) is 15.5 Å². The molecule has 1 saturated carbocycles. The number of alkyl halides is 3. The summed E-state index contributed by atoms with van der Waals surface area (Å²) in [6, 6.07) is 7.49. The minimum absolute atomic E-state index is 0.0105. The highest BCUT2D eigenvalue weighted by Crippen LogP contribution is 2.47. The lowest BCUT2D eigenvalue weighted by atomic mass is 9.86. The van der Waals surface area contributed by atoms with E-state index in [1.165, 1.54) is 24.3 Å². The molecule has 11 heteroatoms. The van der Waals surface area contributed by atoms with Crippen LogP contribution in [0.25, 0.3) is 11.4 Å². The molecule has 1 aromatic heterocycles. The number of hydrogen-bond donors (Lipinski definition) is 2. The van der Waals surface area contributed by atoms with Gasteiger partial charge in [0.15, 0.2) is 5.41 Å². The van der Waals surface area contributed by atoms with Crippen molar-refractivity contribution in [2.75, 3.05) is 19.6 Å². The molecule has 2 fully saturated rings. The number of likely N-dealkylation sites (tertiary alicyclic amines) is 1. The maximum atomic E-state index is 14.1. The third-order valence-electron chi connectivity index (χ3n) is 6.00. The lowest BCUT2D eigenvalue weighted by Gasteiger charge is -2.28. The number of hydrogen-bond acceptors (Lipinski definition) is 6. The number of aromatic nitrogens is 2. The van der Waals surface area contributed by atoms with Crippen LogP contribution < -0.4 is 11.1 Å². The van der Waals surface area contributed by atoms with Crippen LogP contribution in [0.15, 0.2) is 28.8 Å². The van der Waals surface area contributed by atoms with Crippen LogP contribution in [0.5, 0.6) is 0 Å². The predicted molar refractivity (Wildman–Crippen MR) is 103 cm³/mol. The van der Waals surface area contributed by atoms with E-state index in [0.717, 1.165) is 17.7 Å². The smallest absolute Gasteiger partial charge is 0.338 e. The Morgan fingerprint density at radius 3 is 2.61 bits per heavy atom. The number of carbonyl (C=O) groups is 1. The molecule has 2 amide bonds. The molecule has 164 valence electrons. The highest BCUT2D eigenvalue weighted by Gasteiger charge is 2.63. The number of nitriles is 1. The van der Waals surface area contributed by atoms with Gasteiger partial charge >= 0.3 is 12.2 Å². The number of amides is 2. The van der Waals surface area contributed by atoms with Gasteiger partial charge in [0.25, 0.3) is 0 Å². The van der Waals surface area contributed by atoms with Gasteiger partial charge in [-0.3, -0.25) is 0 Å². The zero-order valence-corrected chi connectivity index (χ0v) is 16.6. The van der Waals surface area contributed by atoms with E-state index >= 15 is 0 Å². The van der Waals surface area contributed by atoms with Crippen molar-refractivity contribution in [1.29, 1.82) is 5.26 Å². The second kappa shape index (κ2) is 7.53. The average molecular weight is 434 g/mol. The zero-order chi connectivity index (χ0) is 22.3. The summed E-state index contributed by atoms with van der Waals surface area (Å²) in [7, 11) is 0. The fraction of sp³-hybridized carbons (Fsp3) is 0.500. The number of rotatable bonds is 5. The van der Waals surface area contributed by atoms with Crippen molar-refractivity contribution in [2.24, 2.45) is 5.73 Å². The van der Waals surface area contributed by atoms with Crippen molar-refractivity contribution in [3.63, 3.8) is 0 Å². The van der Waals surface area contributed by atoms with E-state index in [0.29, 0.717) is 24.1 Å². The van der Waals surface area contributed by atoms with Crippen molar-refractivity contribution < 1.29 is 22.5 Å². The molecule has 1 saturated heterocycles. The van der Waals surface area contributed by atoms with E-state index in [2.05, 4.69) is 15.5 Å². The Morgan fingerprint density at radius 1 is 1.29 bits per heavy atom. The molecule has 31 heavy (non-hydrogen) atoms. The topological polar surface area (TPSA) is 121 Å². The molecule has 1 atom stereocenters. The van der Waals surface area contributed by atoms with Crippen molar-refractivity contribution in [2.45, 2.75) is 42.8 Å². The quantitative estimate of drug-likeness (QED) is 0.746. The first kappa shape index (κ1) is 21.1. The molecule has 8 nitrogen and oxygen atoms in total. The minimum Gasteiger partial charge on any atom is -0.338 e. The van der Waals surface area contributed by atoms with Gasteiger partial charge in [-0.15, -0.1) is 0 Å². The Bertz CT molecular complexity index is 1010. The monoisotopic (exact) mass is 434 g/mol. The predicted octanol–water partition coefficient (Wildman–Crippen LogP) is 2.71. The summed E-state index contributed by atoms with van der Waals surface area (Å²) in [5.74, 6) is -0.586. The highest BCUT2D eigenvalue weighted by atomic mass is 19.4. The molecule has 1 aliphatic carbocycles. The SMILES string of the molecule is N#Cc1ccc(-c2noc(C3(C(F)(F)F)CCN(C(=O)NCCC4(N)CC4)C3)n2)cc1. The first-order valence-corrected chi connectivity index (χ1v) is 9.89. The molecule has 2 aliphatic rings. The Hall–Kier alpha value is -3.13. The summed E-state index contributed by atoms with van der Waals surface area (Å²) in [4.78, 5) is 17.5. The number of carbonyl (C=O) groups excluding carboxylic acids is 1. The van der Waals surface area contributed by atoms with Gasteiger partial charge in [0.05, 0.1) is 11.6 Å². The molecule has 1 aromatic carbocycles. The molecule has 2 aromatic rings. The van der Waals surface area contributed by atoms with Gasteiger partial charge in [-0.25, -0.2) is 4.79 Å². The minimum atomic E-state index is -4.69. The first-order valence-electron chi connectivity index (χ1n) is 9.89. The van der Waals surface area contributed by atoms with Crippen LogP contribution >= 0.6 is 0 Å². The molecule has 3 N–H and O–H groups in total. The summed E-state index contributed by atoms with van der Waals surface area (Å²) in [6.45, 7) is -0.382. The maximum Gasteiger partial charge on any atom is 0.405 e. The average Bonchev–Trinajstić information content (AvgIpc) is 3.15. The van der Waals surface area contributed by atoms with Crippen molar-refractivity contribution in [3.05, 3.63) is 35.7 Å². The van der Waals surface area contributed by atoms with Gasteiger partial charge < -0.3 is 20.5 Å². The van der Waals surface area contributed by atoms with E-state index in [9.17, 15) is 18.0 Å². The number of urea groups is 1. The summed E-state index contributed by atoms with van der Waals surface area (Å²) in [5.41, 5.74) is 4.11. The van der Waals surface area contributed by atoms with Crippen LogP contribution in [-0.2, 0) is 5.41 Å². The molecule has 2 heterocycles. The molecule has 0 radical (unpaired) electrons. The van der Waals surface area contributed by atoms with Crippen LogP contribution in [0, 0.1) is 11.3 Å². The lowest BCUT2D eigenvalue weighted by Crippen LogP contribution is -2.47. The molecule has 1 aliphatic heterocycles. The molecule has 0 spiro atoms. The Labute approximate surface area is 176 Å². The second-order valence-electron chi connectivity index (χ2n) is 8.21. The Balaban J connectivity index is 1.50. The van der Waals surface area contributed by atoms with Crippen LogP contribution in [0.1, 0.15) is 37.1 Å². The molecule has 4 rings (SSSR count). The van der Waals surface area contributed by atoms with Gasteiger partial charge in [0.1, 0.15) is 0 Å². The fourth-order valence-corrected chi connectivity index (χ4v) is 3.68. The Morgan fingerprint density at radius 2 is 2.00 bits per heavy atom. The fourth-order valence-electron chi connectivity index (χ4n) is 3.68. The number of nitrogens with zero attached hydrogens (tertiary/aromatic N) is 4. The number of nitrogens with one attached hydrogen (secondary N) is 1. The van der Waals surface area contributed by atoms with Crippen LogP contribution in [0.4, 0.5) is 18.0 Å². The molecular weight excluding hydrogens is 413 g/mol. The highest BCUT2D eigenvalue weighted by molar-refractivity contribution is 5.74. The molecule has 1 unspecified atom stereocenters. The Kier molecular flexibility index (Phi) is 5.13. The van der Waals surface area contributed by atoms with Crippen molar-refractivity contribution in [1.82, 2.24) is 20.4 Å². The van der Waals surface area contributed by atoms with Crippen LogP contribution in [0.3, 0.4) is 0 Å². The third kappa shape index (κ3) is 4.07. The van der Waals surface area contributed by atoms with E-state index < -0.39 is 30.1 Å². The second-order valence-corrected chi connectivity index (χ2v) is 8.21. The summed E-state index contributed by atoms with van der Waals surface area (Å²) < 4.78 is 47.4. The van der Waals surface area contributed by atoms with E-state index in [1.54, 1.807) is 0 Å². The summed E-state index contributed by atoms with van der Waals surface area (Å²) in [6.07, 6.45) is -2.69. The number of benzene rings is 1. The lowest BCUT2D eigenvalue weighted by molar-refractivity contribution is -0.193. The molecule has 0 bridgehead atoms.